The van der Waals surface area contributed by atoms with Crippen molar-refractivity contribution in [1.29, 1.82) is 0 Å². The molecular formula is C7H11NaO4. The molecule has 0 heterocycles. The first kappa shape index (κ1) is 17.7. The molecule has 0 radical (unpaired) electrons. The van der Waals surface area contributed by atoms with Gasteiger partial charge >= 0.3 is 29.6 Å². The van der Waals surface area contributed by atoms with Crippen LogP contribution in [-0.4, -0.2) is 19.0 Å². The molecule has 0 spiro atoms. The van der Waals surface area contributed by atoms with Gasteiger partial charge < -0.3 is 14.6 Å². The normalized spacial score (nSPS) is 6.50. The average Bonchev–Trinajstić information content (AvgIpc) is 1.90. The van der Waals surface area contributed by atoms with Crippen molar-refractivity contribution < 1.29 is 49.0 Å². The summed E-state index contributed by atoms with van der Waals surface area (Å²) in [6.45, 7) is 7.14. The zero-order valence-corrected chi connectivity index (χ0v) is 9.62. The summed E-state index contributed by atoms with van der Waals surface area (Å²) in [5, 5.41) is 9.49. The first-order valence-corrected chi connectivity index (χ1v) is 2.98. The first-order valence-electron chi connectivity index (χ1n) is 2.98. The topological polar surface area (TPSA) is 66.4 Å². The van der Waals surface area contributed by atoms with Gasteiger partial charge in [-0.15, -0.1) is 0 Å². The van der Waals surface area contributed by atoms with Crippen molar-refractivity contribution in [1.82, 2.24) is 0 Å². The molecule has 0 aromatic carbocycles. The van der Waals surface area contributed by atoms with E-state index in [1.165, 1.54) is 6.92 Å². The fourth-order valence-electron chi connectivity index (χ4n) is 0.0680. The van der Waals surface area contributed by atoms with Crippen LogP contribution in [0.2, 0.25) is 0 Å². The number of carbonyl (C=O) groups excluding carboxylic acids is 2. The van der Waals surface area contributed by atoms with Crippen LogP contribution in [0.25, 0.3) is 0 Å². The molecule has 0 unspecified atom stereocenters. The number of carbonyl (C=O) groups is 2. The summed E-state index contributed by atoms with van der Waals surface area (Å²) in [5.41, 5.74) is 0.0648. The summed E-state index contributed by atoms with van der Waals surface area (Å²) in [7, 11) is 0. The number of carboxylic acids is 1. The average molecular weight is 182 g/mol. The van der Waals surface area contributed by atoms with Crippen LogP contribution < -0.4 is 34.7 Å². The van der Waals surface area contributed by atoms with Crippen molar-refractivity contribution in [2.45, 2.75) is 13.8 Å². The molecule has 0 saturated heterocycles. The van der Waals surface area contributed by atoms with Crippen LogP contribution in [0, 0.1) is 0 Å². The number of aliphatic carboxylic acids is 1. The molecule has 0 bridgehead atoms. The van der Waals surface area contributed by atoms with Crippen LogP contribution in [0.15, 0.2) is 12.2 Å². The molecule has 4 nitrogen and oxygen atoms in total. The second-order valence-corrected chi connectivity index (χ2v) is 1.62. The van der Waals surface area contributed by atoms with Gasteiger partial charge in [0, 0.05) is 0 Å². The third kappa shape index (κ3) is 22.6. The number of ether oxygens (including phenoxy) is 1. The second kappa shape index (κ2) is 13.3. The Kier molecular flexibility index (Phi) is 19.6. The molecule has 0 saturated carbocycles. The van der Waals surface area contributed by atoms with Gasteiger partial charge in [-0.25, -0.2) is 0 Å². The van der Waals surface area contributed by atoms with Crippen LogP contribution in [-0.2, 0) is 14.3 Å². The zero-order valence-electron chi connectivity index (χ0n) is 7.62. The van der Waals surface area contributed by atoms with Gasteiger partial charge in [0.05, 0.1) is 12.6 Å². The first-order chi connectivity index (χ1) is 5.06. The molecule has 0 aliphatic heterocycles. The van der Waals surface area contributed by atoms with E-state index in [1.54, 1.807) is 6.92 Å². The molecule has 0 N–H and O–H groups in total. The molecule has 0 aromatic rings. The molecule has 64 valence electrons. The maximum Gasteiger partial charge on any atom is 1.00 e. The van der Waals surface area contributed by atoms with Crippen LogP contribution in [0.1, 0.15) is 13.8 Å². The van der Waals surface area contributed by atoms with E-state index in [2.05, 4.69) is 11.3 Å². The van der Waals surface area contributed by atoms with Crippen LogP contribution in [0.4, 0.5) is 0 Å². The van der Waals surface area contributed by atoms with Crippen LogP contribution in [0.5, 0.6) is 0 Å². The van der Waals surface area contributed by atoms with Crippen molar-refractivity contribution in [3.8, 4) is 0 Å². The van der Waals surface area contributed by atoms with E-state index in [-0.39, 0.29) is 35.1 Å². The largest absolute Gasteiger partial charge is 1.00 e. The van der Waals surface area contributed by atoms with Gasteiger partial charge in [0.2, 0.25) is 0 Å². The molecule has 12 heavy (non-hydrogen) atoms. The number of hydrogen-bond donors (Lipinski definition) is 0. The summed E-state index contributed by atoms with van der Waals surface area (Å²) in [6, 6.07) is 0. The molecule has 0 amide bonds. The Morgan fingerprint density at radius 3 is 2.00 bits per heavy atom. The van der Waals surface area contributed by atoms with Gasteiger partial charge in [-0.05, 0) is 19.4 Å². The van der Waals surface area contributed by atoms with E-state index in [0.29, 0.717) is 13.1 Å². The summed E-state index contributed by atoms with van der Waals surface area (Å²) in [5.74, 6) is -1.19. The predicted octanol–water partition coefficient (Wildman–Crippen LogP) is -3.50. The molecular weight excluding hydrogens is 171 g/mol. The van der Waals surface area contributed by atoms with Gasteiger partial charge in [-0.2, -0.15) is 0 Å². The second-order valence-electron chi connectivity index (χ2n) is 1.62. The van der Waals surface area contributed by atoms with Crippen molar-refractivity contribution in [2.75, 3.05) is 6.61 Å². The molecule has 0 rings (SSSR count). The smallest absolute Gasteiger partial charge is 0.545 e. The summed E-state index contributed by atoms with van der Waals surface area (Å²) < 4.78 is 4.15. The van der Waals surface area contributed by atoms with Crippen molar-refractivity contribution >= 4 is 12.4 Å². The Balaban J connectivity index is -0.000000126. The molecule has 0 fully saturated rings. The minimum absolute atomic E-state index is 0. The number of carboxylic acid groups (broad SMARTS) is 1. The number of rotatable bonds is 3. The Morgan fingerprint density at radius 1 is 1.67 bits per heavy atom. The van der Waals surface area contributed by atoms with E-state index in [4.69, 9.17) is 0 Å². The maximum atomic E-state index is 9.49. The number of hydrogen-bond acceptors (Lipinski definition) is 4. The molecule has 0 atom stereocenters. The molecule has 0 aliphatic carbocycles. The van der Waals surface area contributed by atoms with E-state index in [9.17, 15) is 14.7 Å². The SMILES string of the molecule is C=C(C)C(=O)[O-].CCOC=O.[Na+]. The third-order valence-corrected chi connectivity index (χ3v) is 0.583. The minimum atomic E-state index is -1.19. The Bertz CT molecular complexity index is 132. The van der Waals surface area contributed by atoms with E-state index in [0.717, 1.165) is 0 Å². The van der Waals surface area contributed by atoms with Gasteiger partial charge in [0.25, 0.3) is 6.47 Å². The Labute approximate surface area is 93.9 Å². The fourth-order valence-corrected chi connectivity index (χ4v) is 0.0680. The molecule has 0 aromatic heterocycles. The Morgan fingerprint density at radius 2 is 2.00 bits per heavy atom. The molecule has 0 aliphatic rings. The minimum Gasteiger partial charge on any atom is -0.545 e. The van der Waals surface area contributed by atoms with Gasteiger partial charge in [-0.3, -0.25) is 4.79 Å². The van der Waals surface area contributed by atoms with Crippen molar-refractivity contribution in [2.24, 2.45) is 0 Å². The fraction of sp³-hybridized carbons (Fsp3) is 0.429. The summed E-state index contributed by atoms with van der Waals surface area (Å²) in [6.07, 6.45) is 0. The summed E-state index contributed by atoms with van der Waals surface area (Å²) >= 11 is 0. The maximum absolute atomic E-state index is 9.49. The summed E-state index contributed by atoms with van der Waals surface area (Å²) in [4.78, 5) is 18.7. The van der Waals surface area contributed by atoms with E-state index < -0.39 is 5.97 Å². The standard InChI is InChI=1S/C4H6O2.C3H6O2.Na/c1-3(2)4(5)6;1-2-5-3-4;/h1H2,2H3,(H,5,6);3H,2H2,1H3;/q;;+1/p-1. The zero-order chi connectivity index (χ0) is 9.28. The van der Waals surface area contributed by atoms with Gasteiger partial charge in [-0.1, -0.05) is 6.58 Å². The van der Waals surface area contributed by atoms with Gasteiger partial charge in [0.15, 0.2) is 0 Å². The van der Waals surface area contributed by atoms with Crippen LogP contribution in [0.3, 0.4) is 0 Å². The van der Waals surface area contributed by atoms with Crippen molar-refractivity contribution in [3.63, 3.8) is 0 Å². The van der Waals surface area contributed by atoms with Crippen molar-refractivity contribution in [3.05, 3.63) is 12.2 Å². The van der Waals surface area contributed by atoms with Gasteiger partial charge in [0.1, 0.15) is 0 Å². The predicted molar refractivity (Wildman–Crippen MR) is 37.5 cm³/mol. The van der Waals surface area contributed by atoms with E-state index >= 15 is 0 Å². The Hall–Kier alpha value is -0.320. The van der Waals surface area contributed by atoms with Crippen LogP contribution >= 0.6 is 0 Å². The third-order valence-electron chi connectivity index (χ3n) is 0.583. The monoisotopic (exact) mass is 182 g/mol. The quantitative estimate of drug-likeness (QED) is 0.258. The molecule has 5 heteroatoms. The van der Waals surface area contributed by atoms with E-state index in [1.807, 2.05) is 0 Å².